The molecule has 0 atom stereocenters. The number of amides is 1. The Morgan fingerprint density at radius 3 is 2.56 bits per heavy atom. The van der Waals surface area contributed by atoms with E-state index >= 15 is 0 Å². The molecule has 1 amide bonds. The predicted molar refractivity (Wildman–Crippen MR) is 122 cm³/mol. The lowest BCUT2D eigenvalue weighted by Gasteiger charge is -2.13. The first-order valence-electron chi connectivity index (χ1n) is 10.0. The van der Waals surface area contributed by atoms with Crippen molar-refractivity contribution in [2.24, 2.45) is 7.05 Å². The van der Waals surface area contributed by atoms with E-state index < -0.39 is 0 Å². The van der Waals surface area contributed by atoms with Crippen molar-refractivity contribution in [1.29, 1.82) is 0 Å². The molecule has 0 fully saturated rings. The number of pyridine rings is 1. The average Bonchev–Trinajstić information content (AvgIpc) is 3.11. The molecule has 0 radical (unpaired) electrons. The molecule has 8 heteroatoms. The minimum Gasteiger partial charge on any atom is -0.497 e. The van der Waals surface area contributed by atoms with Gasteiger partial charge in [-0.3, -0.25) is 9.48 Å². The number of aromatic nitrogens is 3. The van der Waals surface area contributed by atoms with Crippen molar-refractivity contribution in [2.45, 2.75) is 6.92 Å². The van der Waals surface area contributed by atoms with Crippen LogP contribution in [0, 0.1) is 6.92 Å². The van der Waals surface area contributed by atoms with E-state index in [0.29, 0.717) is 28.7 Å². The third-order valence-corrected chi connectivity index (χ3v) is 5.06. The minimum absolute atomic E-state index is 0.218. The van der Waals surface area contributed by atoms with Gasteiger partial charge in [0.2, 0.25) is 5.88 Å². The topological polar surface area (TPSA) is 87.5 Å². The first-order valence-corrected chi connectivity index (χ1v) is 10.0. The van der Waals surface area contributed by atoms with Gasteiger partial charge in [0.1, 0.15) is 11.5 Å². The van der Waals surface area contributed by atoms with Crippen molar-refractivity contribution in [3.63, 3.8) is 0 Å². The molecule has 0 saturated carbocycles. The first kappa shape index (κ1) is 21.2. The number of aryl methyl sites for hydroxylation is 2. The maximum atomic E-state index is 12.6. The van der Waals surface area contributed by atoms with Crippen LogP contribution in [0.5, 0.6) is 17.4 Å². The molecule has 0 spiro atoms. The van der Waals surface area contributed by atoms with Crippen LogP contribution in [0.4, 0.5) is 5.69 Å². The molecular formula is C24H24N4O4. The smallest absolute Gasteiger partial charge is 0.262 e. The van der Waals surface area contributed by atoms with E-state index in [2.05, 4.69) is 15.4 Å². The van der Waals surface area contributed by atoms with Crippen molar-refractivity contribution < 1.29 is 19.0 Å². The van der Waals surface area contributed by atoms with Crippen LogP contribution >= 0.6 is 0 Å². The van der Waals surface area contributed by atoms with Gasteiger partial charge >= 0.3 is 0 Å². The normalized spacial score (nSPS) is 10.8. The average molecular weight is 432 g/mol. The number of carbonyl (C=O) groups excluding carboxylic acids is 1. The van der Waals surface area contributed by atoms with E-state index in [4.69, 9.17) is 14.2 Å². The molecule has 32 heavy (non-hydrogen) atoms. The van der Waals surface area contributed by atoms with Gasteiger partial charge in [-0.25, -0.2) is 0 Å². The highest BCUT2D eigenvalue weighted by molar-refractivity contribution is 5.96. The van der Waals surface area contributed by atoms with Crippen LogP contribution in [0.3, 0.4) is 0 Å². The second-order valence-electron chi connectivity index (χ2n) is 7.18. The summed E-state index contributed by atoms with van der Waals surface area (Å²) in [6, 6.07) is 17.0. The summed E-state index contributed by atoms with van der Waals surface area (Å²) in [6.07, 6.45) is 0. The zero-order valence-electron chi connectivity index (χ0n) is 18.4. The van der Waals surface area contributed by atoms with Gasteiger partial charge in [-0.2, -0.15) is 10.1 Å². The molecule has 4 aromatic rings. The summed E-state index contributed by atoms with van der Waals surface area (Å²) in [4.78, 5) is 17.1. The fourth-order valence-corrected chi connectivity index (χ4v) is 3.58. The molecule has 0 aliphatic carbocycles. The standard InChI is InChI=1S/C24H24N4O4/c1-15-23-18(16-8-6-5-7-9-16)13-22(26-24(23)28(2)27-15)32-14-21(29)25-19-12-17(30-3)10-11-20(19)31-4/h5-13H,14H2,1-4H3,(H,25,29). The highest BCUT2D eigenvalue weighted by Gasteiger charge is 2.16. The molecule has 0 unspecified atom stereocenters. The lowest BCUT2D eigenvalue weighted by Crippen LogP contribution is -2.21. The quantitative estimate of drug-likeness (QED) is 0.475. The number of hydrogen-bond acceptors (Lipinski definition) is 6. The van der Waals surface area contributed by atoms with Crippen molar-refractivity contribution in [3.05, 3.63) is 60.3 Å². The zero-order valence-corrected chi connectivity index (χ0v) is 18.4. The van der Waals surface area contributed by atoms with Gasteiger partial charge in [0.25, 0.3) is 5.91 Å². The number of methoxy groups -OCH3 is 2. The van der Waals surface area contributed by atoms with Crippen LogP contribution in [0.15, 0.2) is 54.6 Å². The summed E-state index contributed by atoms with van der Waals surface area (Å²) in [5.41, 5.74) is 4.03. The fraction of sp³-hybridized carbons (Fsp3) is 0.208. The summed E-state index contributed by atoms with van der Waals surface area (Å²) in [7, 11) is 4.93. The number of anilines is 1. The number of ether oxygens (including phenoxy) is 3. The number of carbonyl (C=O) groups is 1. The predicted octanol–water partition coefficient (Wildman–Crippen LogP) is 3.98. The lowest BCUT2D eigenvalue weighted by atomic mass is 10.0. The largest absolute Gasteiger partial charge is 0.497 e. The van der Waals surface area contributed by atoms with E-state index in [1.54, 1.807) is 30.0 Å². The molecule has 2 aromatic heterocycles. The number of fused-ring (bicyclic) bond motifs is 1. The van der Waals surface area contributed by atoms with Crippen LogP contribution < -0.4 is 19.5 Å². The summed E-state index contributed by atoms with van der Waals surface area (Å²) < 4.78 is 18.0. The van der Waals surface area contributed by atoms with Crippen molar-refractivity contribution >= 4 is 22.6 Å². The minimum atomic E-state index is -0.346. The molecule has 0 aliphatic heterocycles. The van der Waals surface area contributed by atoms with E-state index in [-0.39, 0.29) is 12.5 Å². The van der Waals surface area contributed by atoms with Gasteiger partial charge in [-0.05, 0) is 30.2 Å². The number of nitrogens with one attached hydrogen (secondary N) is 1. The molecule has 0 bridgehead atoms. The molecule has 8 nitrogen and oxygen atoms in total. The molecular weight excluding hydrogens is 408 g/mol. The van der Waals surface area contributed by atoms with Gasteiger partial charge < -0.3 is 19.5 Å². The Balaban J connectivity index is 1.59. The van der Waals surface area contributed by atoms with Crippen molar-refractivity contribution in [2.75, 3.05) is 26.1 Å². The van der Waals surface area contributed by atoms with Gasteiger partial charge in [-0.1, -0.05) is 30.3 Å². The van der Waals surface area contributed by atoms with Crippen LogP contribution in [-0.4, -0.2) is 41.5 Å². The van der Waals surface area contributed by atoms with E-state index in [9.17, 15) is 4.79 Å². The van der Waals surface area contributed by atoms with Gasteiger partial charge in [-0.15, -0.1) is 0 Å². The van der Waals surface area contributed by atoms with E-state index in [1.165, 1.54) is 7.11 Å². The number of hydrogen-bond donors (Lipinski definition) is 1. The molecule has 164 valence electrons. The maximum absolute atomic E-state index is 12.6. The Kier molecular flexibility index (Phi) is 5.93. The lowest BCUT2D eigenvalue weighted by molar-refractivity contribution is -0.118. The second kappa shape index (κ2) is 8.97. The molecule has 2 heterocycles. The number of rotatable bonds is 7. The molecule has 1 N–H and O–H groups in total. The maximum Gasteiger partial charge on any atom is 0.262 e. The van der Waals surface area contributed by atoms with Gasteiger partial charge in [0.15, 0.2) is 12.3 Å². The molecule has 0 aliphatic rings. The number of nitrogens with zero attached hydrogens (tertiary/aromatic N) is 3. The molecule has 2 aromatic carbocycles. The van der Waals surface area contributed by atoms with Crippen molar-refractivity contribution in [3.8, 4) is 28.5 Å². The van der Waals surface area contributed by atoms with E-state index in [0.717, 1.165) is 22.2 Å². The van der Waals surface area contributed by atoms with Crippen molar-refractivity contribution in [1.82, 2.24) is 14.8 Å². The molecule has 0 saturated heterocycles. The van der Waals surface area contributed by atoms with Crippen LogP contribution in [0.2, 0.25) is 0 Å². The summed E-state index contributed by atoms with van der Waals surface area (Å²) >= 11 is 0. The third kappa shape index (κ3) is 4.20. The van der Waals surface area contributed by atoms with Crippen LogP contribution in [0.1, 0.15) is 5.69 Å². The SMILES string of the molecule is COc1ccc(OC)c(NC(=O)COc2cc(-c3ccccc3)c3c(C)nn(C)c3n2)c1. The van der Waals surface area contributed by atoms with E-state index in [1.807, 2.05) is 50.4 Å². The zero-order chi connectivity index (χ0) is 22.7. The Morgan fingerprint density at radius 2 is 1.84 bits per heavy atom. The highest BCUT2D eigenvalue weighted by Crippen LogP contribution is 2.33. The fourth-order valence-electron chi connectivity index (χ4n) is 3.58. The highest BCUT2D eigenvalue weighted by atomic mass is 16.5. The Bertz CT molecular complexity index is 1270. The number of benzene rings is 2. The van der Waals surface area contributed by atoms with Crippen LogP contribution in [-0.2, 0) is 11.8 Å². The first-order chi connectivity index (χ1) is 15.5. The Hall–Kier alpha value is -4.07. The molecule has 4 rings (SSSR count). The summed E-state index contributed by atoms with van der Waals surface area (Å²) in [5.74, 6) is 1.12. The summed E-state index contributed by atoms with van der Waals surface area (Å²) in [5, 5.41) is 8.24. The summed E-state index contributed by atoms with van der Waals surface area (Å²) in [6.45, 7) is 1.73. The van der Waals surface area contributed by atoms with Gasteiger partial charge in [0, 0.05) is 19.2 Å². The third-order valence-electron chi connectivity index (χ3n) is 5.06. The Morgan fingerprint density at radius 1 is 1.06 bits per heavy atom. The Labute approximate surface area is 185 Å². The van der Waals surface area contributed by atoms with Gasteiger partial charge in [0.05, 0.1) is 31.0 Å². The monoisotopic (exact) mass is 432 g/mol. The van der Waals surface area contributed by atoms with Crippen LogP contribution in [0.25, 0.3) is 22.2 Å². The second-order valence-corrected chi connectivity index (χ2v) is 7.18.